The van der Waals surface area contributed by atoms with Crippen LogP contribution < -0.4 is 5.73 Å². The van der Waals surface area contributed by atoms with E-state index in [1.165, 1.54) is 0 Å². The van der Waals surface area contributed by atoms with Crippen LogP contribution in [0.15, 0.2) is 12.4 Å². The van der Waals surface area contributed by atoms with E-state index in [2.05, 4.69) is 15.3 Å². The Kier molecular flexibility index (Phi) is 1.66. The second-order valence-corrected chi connectivity index (χ2v) is 2.98. The fraction of sp³-hybridized carbons (Fsp3) is 0.167. The van der Waals surface area contributed by atoms with Gasteiger partial charge in [-0.15, -0.1) is 5.10 Å². The van der Waals surface area contributed by atoms with Gasteiger partial charge in [0.1, 0.15) is 0 Å². The van der Waals surface area contributed by atoms with Crippen molar-refractivity contribution in [2.45, 2.75) is 0 Å². The van der Waals surface area contributed by atoms with Crippen molar-refractivity contribution in [1.82, 2.24) is 24.5 Å². The Balaban J connectivity index is 2.64. The van der Waals surface area contributed by atoms with E-state index in [0.717, 1.165) is 5.69 Å². The van der Waals surface area contributed by atoms with Gasteiger partial charge in [-0.05, 0) is 12.2 Å². The summed E-state index contributed by atoms with van der Waals surface area (Å²) in [6.45, 7) is 0. The van der Waals surface area contributed by atoms with Crippen molar-refractivity contribution in [3.8, 4) is 5.69 Å². The molecule has 0 amide bonds. The average Bonchev–Trinajstić information content (AvgIpc) is 2.60. The van der Waals surface area contributed by atoms with Crippen LogP contribution in [0.4, 0.5) is 5.95 Å². The van der Waals surface area contributed by atoms with Gasteiger partial charge < -0.3 is 5.73 Å². The van der Waals surface area contributed by atoms with Crippen molar-refractivity contribution in [3.63, 3.8) is 0 Å². The number of nitrogen functional groups attached to an aromatic ring is 1. The Morgan fingerprint density at radius 2 is 2.38 bits per heavy atom. The summed E-state index contributed by atoms with van der Waals surface area (Å²) in [5.41, 5.74) is 6.40. The minimum atomic E-state index is 0.331. The molecule has 7 heteroatoms. The van der Waals surface area contributed by atoms with E-state index >= 15 is 0 Å². The number of nitrogens with zero attached hydrogens (tertiary/aromatic N) is 4. The molecule has 0 saturated heterocycles. The molecule has 0 spiro atoms. The molecule has 0 aromatic carbocycles. The Morgan fingerprint density at radius 3 is 2.85 bits per heavy atom. The summed E-state index contributed by atoms with van der Waals surface area (Å²) in [5.74, 6) is 0.331. The second kappa shape index (κ2) is 2.70. The summed E-state index contributed by atoms with van der Waals surface area (Å²) in [5, 5.41) is 10.4. The first-order valence-corrected chi connectivity index (χ1v) is 4.01. The van der Waals surface area contributed by atoms with Gasteiger partial charge in [0, 0.05) is 13.2 Å². The molecule has 2 aromatic rings. The number of nitrogens with one attached hydrogen (secondary N) is 1. The molecule has 13 heavy (non-hydrogen) atoms. The highest BCUT2D eigenvalue weighted by Gasteiger charge is 2.05. The van der Waals surface area contributed by atoms with Gasteiger partial charge in [0.2, 0.25) is 10.7 Å². The van der Waals surface area contributed by atoms with Gasteiger partial charge in [-0.2, -0.15) is 5.10 Å². The molecule has 68 valence electrons. The zero-order chi connectivity index (χ0) is 9.42. The molecule has 0 atom stereocenters. The molecule has 0 fully saturated rings. The predicted octanol–water partition coefficient (Wildman–Crippen LogP) is 0.246. The lowest BCUT2D eigenvalue weighted by atomic mass is 10.5. The van der Waals surface area contributed by atoms with Gasteiger partial charge >= 0.3 is 0 Å². The summed E-state index contributed by atoms with van der Waals surface area (Å²) in [6.07, 6.45) is 3.48. The summed E-state index contributed by atoms with van der Waals surface area (Å²) >= 11 is 4.99. The lowest BCUT2D eigenvalue weighted by Gasteiger charge is -1.96. The molecule has 3 N–H and O–H groups in total. The highest BCUT2D eigenvalue weighted by Crippen LogP contribution is 2.09. The van der Waals surface area contributed by atoms with Crippen molar-refractivity contribution in [2.75, 3.05) is 5.73 Å². The second-order valence-electron chi connectivity index (χ2n) is 2.59. The zero-order valence-electron chi connectivity index (χ0n) is 6.93. The number of hydrogen-bond donors (Lipinski definition) is 2. The summed E-state index contributed by atoms with van der Waals surface area (Å²) in [4.78, 5) is 0. The van der Waals surface area contributed by atoms with Crippen molar-refractivity contribution in [1.29, 1.82) is 0 Å². The normalized spacial score (nSPS) is 10.5. The molecule has 0 aliphatic carbocycles. The van der Waals surface area contributed by atoms with Crippen molar-refractivity contribution >= 4 is 18.2 Å². The Hall–Kier alpha value is -1.63. The molecule has 6 nitrogen and oxygen atoms in total. The van der Waals surface area contributed by atoms with Crippen LogP contribution in [0.1, 0.15) is 0 Å². The first-order chi connectivity index (χ1) is 6.18. The minimum Gasteiger partial charge on any atom is -0.368 e. The molecule has 0 unspecified atom stereocenters. The monoisotopic (exact) mass is 196 g/mol. The standard InChI is InChI=1S/C6H8N6S/c1-11-3-4(2-8-11)12-5(7)9-10-6(12)13/h2-3H,1H3,(H2,7,9)(H,10,13). The molecule has 2 heterocycles. The molecule has 0 aliphatic heterocycles. The average molecular weight is 196 g/mol. The largest absolute Gasteiger partial charge is 0.368 e. The van der Waals surface area contributed by atoms with E-state index in [-0.39, 0.29) is 0 Å². The fourth-order valence-corrected chi connectivity index (χ4v) is 1.33. The van der Waals surface area contributed by atoms with Gasteiger partial charge in [0.25, 0.3) is 0 Å². The molecule has 0 bridgehead atoms. The number of aryl methyl sites for hydroxylation is 1. The highest BCUT2D eigenvalue weighted by atomic mass is 32.1. The predicted molar refractivity (Wildman–Crippen MR) is 49.9 cm³/mol. The number of aromatic amines is 1. The van der Waals surface area contributed by atoms with Crippen LogP contribution in [0.5, 0.6) is 0 Å². The van der Waals surface area contributed by atoms with E-state index in [1.54, 1.807) is 15.4 Å². The molecular formula is C6H8N6S. The number of hydrogen-bond acceptors (Lipinski definition) is 4. The Morgan fingerprint density at radius 1 is 1.62 bits per heavy atom. The molecule has 2 rings (SSSR count). The van der Waals surface area contributed by atoms with Gasteiger partial charge in [-0.3, -0.25) is 9.25 Å². The topological polar surface area (TPSA) is 77.5 Å². The maximum Gasteiger partial charge on any atom is 0.225 e. The van der Waals surface area contributed by atoms with E-state index < -0.39 is 0 Å². The molecular weight excluding hydrogens is 188 g/mol. The number of anilines is 1. The van der Waals surface area contributed by atoms with E-state index in [0.29, 0.717) is 10.7 Å². The van der Waals surface area contributed by atoms with Crippen LogP contribution in [0.3, 0.4) is 0 Å². The molecule has 0 radical (unpaired) electrons. The van der Waals surface area contributed by atoms with Gasteiger partial charge in [-0.25, -0.2) is 5.10 Å². The molecule has 2 aromatic heterocycles. The number of H-pyrrole nitrogens is 1. The lowest BCUT2D eigenvalue weighted by molar-refractivity contribution is 0.767. The van der Waals surface area contributed by atoms with E-state index in [4.69, 9.17) is 18.0 Å². The summed E-state index contributed by atoms with van der Waals surface area (Å²) in [7, 11) is 1.82. The van der Waals surface area contributed by atoms with Gasteiger partial charge in [0.15, 0.2) is 0 Å². The first-order valence-electron chi connectivity index (χ1n) is 3.60. The van der Waals surface area contributed by atoms with Crippen LogP contribution >= 0.6 is 12.2 Å². The van der Waals surface area contributed by atoms with Crippen molar-refractivity contribution in [2.24, 2.45) is 7.05 Å². The fourth-order valence-electron chi connectivity index (χ4n) is 1.08. The summed E-state index contributed by atoms with van der Waals surface area (Å²) < 4.78 is 3.75. The number of nitrogens with two attached hydrogens (primary N) is 1. The van der Waals surface area contributed by atoms with Crippen LogP contribution in [-0.4, -0.2) is 24.5 Å². The third-order valence-corrected chi connectivity index (χ3v) is 1.92. The SMILES string of the molecule is Cn1cc(-n2c(N)n[nH]c2=S)cn1. The van der Waals surface area contributed by atoms with Crippen LogP contribution in [-0.2, 0) is 7.05 Å². The quantitative estimate of drug-likeness (QED) is 0.641. The summed E-state index contributed by atoms with van der Waals surface area (Å²) in [6, 6.07) is 0. The number of rotatable bonds is 1. The zero-order valence-corrected chi connectivity index (χ0v) is 7.75. The minimum absolute atomic E-state index is 0.331. The van der Waals surface area contributed by atoms with Gasteiger partial charge in [-0.1, -0.05) is 0 Å². The smallest absolute Gasteiger partial charge is 0.225 e. The maximum absolute atomic E-state index is 5.60. The van der Waals surface area contributed by atoms with E-state index in [9.17, 15) is 0 Å². The van der Waals surface area contributed by atoms with Crippen LogP contribution in [0.25, 0.3) is 5.69 Å². The molecule has 0 aliphatic rings. The maximum atomic E-state index is 5.60. The van der Waals surface area contributed by atoms with Crippen LogP contribution in [0.2, 0.25) is 0 Å². The van der Waals surface area contributed by atoms with Gasteiger partial charge in [0.05, 0.1) is 11.9 Å². The highest BCUT2D eigenvalue weighted by molar-refractivity contribution is 7.71. The third kappa shape index (κ3) is 1.22. The molecule has 0 saturated carbocycles. The van der Waals surface area contributed by atoms with Crippen LogP contribution in [0, 0.1) is 4.77 Å². The number of aromatic nitrogens is 5. The van der Waals surface area contributed by atoms with Crippen molar-refractivity contribution < 1.29 is 0 Å². The van der Waals surface area contributed by atoms with Crippen molar-refractivity contribution in [3.05, 3.63) is 17.2 Å². The lowest BCUT2D eigenvalue weighted by Crippen LogP contribution is -1.99. The first kappa shape index (κ1) is 7.99. The van der Waals surface area contributed by atoms with E-state index in [1.807, 2.05) is 13.2 Å². The Bertz CT molecular complexity index is 477. The Labute approximate surface area is 79.0 Å². The third-order valence-electron chi connectivity index (χ3n) is 1.65.